The molecular formula is C17H16N6OS. The molecule has 7 nitrogen and oxygen atoms in total. The summed E-state index contributed by atoms with van der Waals surface area (Å²) in [5.41, 5.74) is 9.45. The molecule has 25 heavy (non-hydrogen) atoms. The van der Waals surface area contributed by atoms with Crippen LogP contribution in [0.4, 0.5) is 11.6 Å². The number of thiazole rings is 1. The van der Waals surface area contributed by atoms with E-state index in [1.807, 2.05) is 36.7 Å². The molecule has 1 fully saturated rings. The molecule has 8 heteroatoms. The molecule has 0 amide bonds. The van der Waals surface area contributed by atoms with Crippen molar-refractivity contribution in [2.24, 2.45) is 0 Å². The maximum Gasteiger partial charge on any atom is 0.226 e. The van der Waals surface area contributed by atoms with Gasteiger partial charge in [0.25, 0.3) is 0 Å². The van der Waals surface area contributed by atoms with Gasteiger partial charge in [0.2, 0.25) is 5.95 Å². The summed E-state index contributed by atoms with van der Waals surface area (Å²) < 4.78 is 7.44. The monoisotopic (exact) mass is 352 g/mol. The predicted molar refractivity (Wildman–Crippen MR) is 99.0 cm³/mol. The molecular weight excluding hydrogens is 336 g/mol. The Hall–Kier alpha value is -2.71. The van der Waals surface area contributed by atoms with Crippen LogP contribution in [0.1, 0.15) is 0 Å². The van der Waals surface area contributed by atoms with E-state index in [9.17, 15) is 0 Å². The second kappa shape index (κ2) is 5.68. The molecule has 126 valence electrons. The Morgan fingerprint density at radius 1 is 1.08 bits per heavy atom. The van der Waals surface area contributed by atoms with Gasteiger partial charge >= 0.3 is 0 Å². The molecule has 4 heterocycles. The largest absolute Gasteiger partial charge is 0.399 e. The molecule has 1 aromatic carbocycles. The highest BCUT2D eigenvalue weighted by atomic mass is 32.1. The molecule has 0 unspecified atom stereocenters. The van der Waals surface area contributed by atoms with Gasteiger partial charge in [0.05, 0.1) is 25.1 Å². The SMILES string of the molecule is Nc1ccc(-c2cn3c(n2)sc2nc(N4CCOCC4)ncc23)cc1. The van der Waals surface area contributed by atoms with Gasteiger partial charge in [-0.1, -0.05) is 23.5 Å². The Labute approximate surface area is 147 Å². The molecule has 0 saturated carbocycles. The Morgan fingerprint density at radius 3 is 2.68 bits per heavy atom. The van der Waals surface area contributed by atoms with Gasteiger partial charge in [0.1, 0.15) is 10.3 Å². The smallest absolute Gasteiger partial charge is 0.226 e. The lowest BCUT2D eigenvalue weighted by Crippen LogP contribution is -2.37. The number of ether oxygens (including phenoxy) is 1. The minimum atomic E-state index is 0.722. The van der Waals surface area contributed by atoms with E-state index in [1.54, 1.807) is 11.3 Å². The van der Waals surface area contributed by atoms with E-state index in [1.165, 1.54) is 0 Å². The quantitative estimate of drug-likeness (QED) is 0.558. The third-order valence-corrected chi connectivity index (χ3v) is 5.31. The van der Waals surface area contributed by atoms with Crippen LogP contribution in [0, 0.1) is 0 Å². The van der Waals surface area contributed by atoms with Gasteiger partial charge in [-0.3, -0.25) is 4.40 Å². The molecule has 0 atom stereocenters. The second-order valence-corrected chi connectivity index (χ2v) is 6.92. The van der Waals surface area contributed by atoms with Crippen LogP contribution in [0.25, 0.3) is 26.6 Å². The predicted octanol–water partition coefficient (Wildman–Crippen LogP) is 2.42. The van der Waals surface area contributed by atoms with E-state index in [2.05, 4.69) is 14.3 Å². The van der Waals surface area contributed by atoms with Crippen LogP contribution in [0.5, 0.6) is 0 Å². The minimum Gasteiger partial charge on any atom is -0.399 e. The highest BCUT2D eigenvalue weighted by molar-refractivity contribution is 7.23. The molecule has 4 aromatic rings. The van der Waals surface area contributed by atoms with Gasteiger partial charge < -0.3 is 15.4 Å². The van der Waals surface area contributed by atoms with E-state index in [4.69, 9.17) is 20.4 Å². The molecule has 1 aliphatic rings. The van der Waals surface area contributed by atoms with Gasteiger partial charge in [-0.2, -0.15) is 0 Å². The van der Waals surface area contributed by atoms with Crippen molar-refractivity contribution in [3.63, 3.8) is 0 Å². The minimum absolute atomic E-state index is 0.722. The van der Waals surface area contributed by atoms with Gasteiger partial charge in [-0.25, -0.2) is 15.0 Å². The third-order valence-electron chi connectivity index (χ3n) is 4.34. The van der Waals surface area contributed by atoms with Crippen LogP contribution in [0.3, 0.4) is 0 Å². The van der Waals surface area contributed by atoms with Crippen LogP contribution in [0.2, 0.25) is 0 Å². The number of anilines is 2. The number of hydrogen-bond acceptors (Lipinski definition) is 7. The van der Waals surface area contributed by atoms with Crippen molar-refractivity contribution < 1.29 is 4.74 Å². The molecule has 0 spiro atoms. The number of imidazole rings is 1. The zero-order valence-corrected chi connectivity index (χ0v) is 14.2. The van der Waals surface area contributed by atoms with E-state index >= 15 is 0 Å². The van der Waals surface area contributed by atoms with Crippen molar-refractivity contribution in [1.29, 1.82) is 0 Å². The molecule has 1 saturated heterocycles. The summed E-state index contributed by atoms with van der Waals surface area (Å²) in [7, 11) is 0. The van der Waals surface area contributed by atoms with Gasteiger partial charge in [0, 0.05) is 30.5 Å². The van der Waals surface area contributed by atoms with Crippen molar-refractivity contribution in [3.8, 4) is 11.3 Å². The number of nitrogen functional groups attached to an aromatic ring is 1. The van der Waals surface area contributed by atoms with Crippen LogP contribution in [0.15, 0.2) is 36.7 Å². The molecule has 0 bridgehead atoms. The first-order valence-electron chi connectivity index (χ1n) is 8.11. The number of nitrogens with zero attached hydrogens (tertiary/aromatic N) is 5. The number of hydrogen-bond donors (Lipinski definition) is 1. The lowest BCUT2D eigenvalue weighted by molar-refractivity contribution is 0.122. The number of rotatable bonds is 2. The van der Waals surface area contributed by atoms with E-state index in [0.29, 0.717) is 0 Å². The first kappa shape index (κ1) is 14.6. The Morgan fingerprint density at radius 2 is 1.88 bits per heavy atom. The first-order valence-corrected chi connectivity index (χ1v) is 8.93. The van der Waals surface area contributed by atoms with Crippen LogP contribution < -0.4 is 10.6 Å². The fraction of sp³-hybridized carbons (Fsp3) is 0.235. The van der Waals surface area contributed by atoms with Crippen molar-refractivity contribution in [1.82, 2.24) is 19.4 Å². The maximum absolute atomic E-state index is 5.76. The topological polar surface area (TPSA) is 81.6 Å². The van der Waals surface area contributed by atoms with Crippen LogP contribution in [-0.4, -0.2) is 45.7 Å². The van der Waals surface area contributed by atoms with Crippen molar-refractivity contribution in [3.05, 3.63) is 36.7 Å². The number of fused-ring (bicyclic) bond motifs is 3. The van der Waals surface area contributed by atoms with Gasteiger partial charge in [0.15, 0.2) is 4.96 Å². The molecule has 1 aliphatic heterocycles. The molecule has 0 radical (unpaired) electrons. The molecule has 2 N–H and O–H groups in total. The third kappa shape index (κ3) is 2.50. The van der Waals surface area contributed by atoms with Crippen molar-refractivity contribution >= 4 is 38.3 Å². The maximum atomic E-state index is 5.76. The normalized spacial score (nSPS) is 15.3. The summed E-state index contributed by atoms with van der Waals surface area (Å²) in [5.74, 6) is 0.763. The standard InChI is InChI=1S/C17H16N6OS/c18-12-3-1-11(2-4-12)13-10-23-14-9-19-16(22-5-7-24-8-6-22)21-15(14)25-17(23)20-13/h1-4,9-10H,5-8,18H2. The zero-order chi connectivity index (χ0) is 16.8. The summed E-state index contributed by atoms with van der Waals surface area (Å²) in [5, 5.41) is 0. The Kier molecular flexibility index (Phi) is 3.32. The van der Waals surface area contributed by atoms with Gasteiger partial charge in [-0.05, 0) is 12.1 Å². The number of nitrogens with two attached hydrogens (primary N) is 1. The fourth-order valence-corrected chi connectivity index (χ4v) is 3.94. The summed E-state index contributed by atoms with van der Waals surface area (Å²) in [4.78, 5) is 18.0. The van der Waals surface area contributed by atoms with E-state index in [0.717, 1.165) is 64.5 Å². The summed E-state index contributed by atoms with van der Waals surface area (Å²) >= 11 is 1.58. The highest BCUT2D eigenvalue weighted by Gasteiger charge is 2.17. The number of benzene rings is 1. The van der Waals surface area contributed by atoms with E-state index in [-0.39, 0.29) is 0 Å². The zero-order valence-electron chi connectivity index (χ0n) is 13.4. The molecule has 3 aromatic heterocycles. The second-order valence-electron chi connectivity index (χ2n) is 5.96. The molecule has 0 aliphatic carbocycles. The Balaban J connectivity index is 1.55. The summed E-state index contributed by atoms with van der Waals surface area (Å²) in [6.45, 7) is 3.10. The lowest BCUT2D eigenvalue weighted by Gasteiger charge is -2.26. The fourth-order valence-electron chi connectivity index (χ4n) is 2.99. The Bertz CT molecular complexity index is 1050. The van der Waals surface area contributed by atoms with Crippen LogP contribution in [-0.2, 0) is 4.74 Å². The van der Waals surface area contributed by atoms with Crippen molar-refractivity contribution in [2.75, 3.05) is 36.9 Å². The first-order chi connectivity index (χ1) is 12.3. The van der Waals surface area contributed by atoms with Crippen molar-refractivity contribution in [2.45, 2.75) is 0 Å². The van der Waals surface area contributed by atoms with Gasteiger partial charge in [-0.15, -0.1) is 0 Å². The van der Waals surface area contributed by atoms with E-state index < -0.39 is 0 Å². The van der Waals surface area contributed by atoms with Crippen LogP contribution >= 0.6 is 11.3 Å². The highest BCUT2D eigenvalue weighted by Crippen LogP contribution is 2.29. The lowest BCUT2D eigenvalue weighted by atomic mass is 10.1. The number of aromatic nitrogens is 4. The summed E-state index contributed by atoms with van der Waals surface area (Å²) in [6, 6.07) is 7.74. The average molecular weight is 352 g/mol. The average Bonchev–Trinajstić information content (AvgIpc) is 3.20. The number of morpholine rings is 1. The molecule has 5 rings (SSSR count). The summed E-state index contributed by atoms with van der Waals surface area (Å²) in [6.07, 6.45) is 3.91.